The van der Waals surface area contributed by atoms with Gasteiger partial charge in [-0.15, -0.1) is 0 Å². The number of hydrogen-bond donors (Lipinski definition) is 3. The molecule has 0 saturated heterocycles. The summed E-state index contributed by atoms with van der Waals surface area (Å²) in [6.07, 6.45) is 75.0. The van der Waals surface area contributed by atoms with Crippen LogP contribution in [0.3, 0.4) is 0 Å². The number of carbonyl (C=O) groups is 2. The Labute approximate surface area is 443 Å². The van der Waals surface area contributed by atoms with E-state index in [1.807, 2.05) is 6.08 Å². The molecule has 6 heteroatoms. The van der Waals surface area contributed by atoms with Crippen LogP contribution in [0.15, 0.2) is 24.3 Å². The molecule has 0 radical (unpaired) electrons. The molecule has 0 rings (SSSR count). The minimum Gasteiger partial charge on any atom is -0.466 e. The van der Waals surface area contributed by atoms with Gasteiger partial charge in [-0.05, 0) is 57.8 Å². The van der Waals surface area contributed by atoms with E-state index in [4.69, 9.17) is 4.74 Å². The van der Waals surface area contributed by atoms with E-state index in [0.29, 0.717) is 19.4 Å². The summed E-state index contributed by atoms with van der Waals surface area (Å²) >= 11 is 0. The van der Waals surface area contributed by atoms with Crippen LogP contribution in [0.1, 0.15) is 354 Å². The van der Waals surface area contributed by atoms with Crippen LogP contribution < -0.4 is 5.32 Å². The van der Waals surface area contributed by atoms with Gasteiger partial charge in [0.2, 0.25) is 5.91 Å². The van der Waals surface area contributed by atoms with Crippen LogP contribution in [0.25, 0.3) is 0 Å². The normalized spacial score (nSPS) is 12.7. The fourth-order valence-corrected chi connectivity index (χ4v) is 10.0. The summed E-state index contributed by atoms with van der Waals surface area (Å²) in [5, 5.41) is 23.2. The molecule has 2 unspecified atom stereocenters. The van der Waals surface area contributed by atoms with Gasteiger partial charge in [-0.3, -0.25) is 9.59 Å². The Morgan fingerprint density at radius 3 is 1.00 bits per heavy atom. The van der Waals surface area contributed by atoms with Crippen LogP contribution in [0, 0.1) is 0 Å². The topological polar surface area (TPSA) is 95.9 Å². The van der Waals surface area contributed by atoms with Crippen LogP contribution in [0.2, 0.25) is 0 Å². The van der Waals surface area contributed by atoms with Gasteiger partial charge in [0.15, 0.2) is 0 Å². The molecule has 3 N–H and O–H groups in total. The van der Waals surface area contributed by atoms with Crippen molar-refractivity contribution < 1.29 is 24.5 Å². The molecule has 0 aromatic heterocycles. The Kier molecular flexibility index (Phi) is 59.5. The van der Waals surface area contributed by atoms with E-state index in [1.54, 1.807) is 6.08 Å². The van der Waals surface area contributed by atoms with Crippen LogP contribution in [-0.2, 0) is 14.3 Å². The fourth-order valence-electron chi connectivity index (χ4n) is 10.0. The second-order valence-corrected chi connectivity index (χ2v) is 22.1. The van der Waals surface area contributed by atoms with Crippen LogP contribution in [0.5, 0.6) is 0 Å². The molecule has 6 nitrogen and oxygen atoms in total. The number of aliphatic hydroxyl groups is 2. The molecule has 0 aliphatic heterocycles. The number of carbonyl (C=O) groups excluding carboxylic acids is 2. The van der Waals surface area contributed by atoms with E-state index >= 15 is 0 Å². The predicted molar refractivity (Wildman–Crippen MR) is 310 cm³/mol. The quantitative estimate of drug-likeness (QED) is 0.0320. The largest absolute Gasteiger partial charge is 0.466 e. The highest BCUT2D eigenvalue weighted by molar-refractivity contribution is 5.76. The van der Waals surface area contributed by atoms with Crippen molar-refractivity contribution in [2.75, 3.05) is 13.2 Å². The lowest BCUT2D eigenvalue weighted by molar-refractivity contribution is -0.143. The first kappa shape index (κ1) is 69.3. The first-order chi connectivity index (χ1) is 35.0. The first-order valence-corrected chi connectivity index (χ1v) is 32.1. The maximum absolute atomic E-state index is 12.5. The summed E-state index contributed by atoms with van der Waals surface area (Å²) in [5.41, 5.74) is 0. The van der Waals surface area contributed by atoms with E-state index < -0.39 is 12.1 Å². The molecular formula is C65H125NO5. The lowest BCUT2D eigenvalue weighted by Gasteiger charge is -2.20. The Morgan fingerprint density at radius 1 is 0.380 bits per heavy atom. The molecule has 420 valence electrons. The third-order valence-electron chi connectivity index (χ3n) is 15.0. The van der Waals surface area contributed by atoms with Gasteiger partial charge in [-0.1, -0.05) is 308 Å². The zero-order valence-electron chi connectivity index (χ0n) is 48.0. The Bertz CT molecular complexity index is 1110. The number of amides is 1. The summed E-state index contributed by atoms with van der Waals surface area (Å²) in [4.78, 5) is 24.6. The molecule has 0 saturated carbocycles. The average molecular weight is 1000 g/mol. The standard InChI is InChI=1S/C65H125NO5/c1-3-5-7-9-11-13-15-17-19-21-22-23-24-26-29-33-37-41-45-49-53-57-63(68)62(61-67)66-64(69)58-54-50-46-42-38-34-30-27-25-28-32-36-40-44-48-52-56-60-71-65(70)59-55-51-47-43-39-35-31-20-18-16-14-12-10-8-6-4-2/h20,31,53,57,62-63,67-68H,3-19,21-30,32-52,54-56,58-61H2,1-2H3,(H,66,69)/b31-20-,57-53+. The summed E-state index contributed by atoms with van der Waals surface area (Å²) in [6.45, 7) is 4.92. The minimum absolute atomic E-state index is 0.00218. The highest BCUT2D eigenvalue weighted by atomic mass is 16.5. The van der Waals surface area contributed by atoms with Crippen molar-refractivity contribution >= 4 is 11.9 Å². The Balaban J connectivity index is 3.44. The number of nitrogens with one attached hydrogen (secondary N) is 1. The number of rotatable bonds is 60. The molecule has 0 heterocycles. The third-order valence-corrected chi connectivity index (χ3v) is 15.0. The molecule has 0 bridgehead atoms. The van der Waals surface area contributed by atoms with E-state index in [2.05, 4.69) is 31.3 Å². The van der Waals surface area contributed by atoms with Crippen LogP contribution in [-0.4, -0.2) is 47.4 Å². The van der Waals surface area contributed by atoms with Gasteiger partial charge in [-0.25, -0.2) is 0 Å². The maximum atomic E-state index is 12.5. The average Bonchev–Trinajstić information content (AvgIpc) is 3.37. The zero-order valence-corrected chi connectivity index (χ0v) is 48.0. The number of aliphatic hydroxyl groups excluding tert-OH is 2. The zero-order chi connectivity index (χ0) is 51.4. The summed E-state index contributed by atoms with van der Waals surface area (Å²) in [6, 6.07) is -0.633. The Morgan fingerprint density at radius 2 is 0.662 bits per heavy atom. The monoisotopic (exact) mass is 1000 g/mol. The van der Waals surface area contributed by atoms with Crippen molar-refractivity contribution in [1.29, 1.82) is 0 Å². The van der Waals surface area contributed by atoms with Gasteiger partial charge >= 0.3 is 5.97 Å². The lowest BCUT2D eigenvalue weighted by atomic mass is 10.0. The van der Waals surface area contributed by atoms with E-state index in [0.717, 1.165) is 44.9 Å². The second-order valence-electron chi connectivity index (χ2n) is 22.1. The molecule has 0 aromatic rings. The second kappa shape index (κ2) is 60.9. The van der Waals surface area contributed by atoms with E-state index in [9.17, 15) is 19.8 Å². The molecule has 0 aromatic carbocycles. The third kappa shape index (κ3) is 57.5. The van der Waals surface area contributed by atoms with Gasteiger partial charge in [0.05, 0.1) is 25.4 Å². The molecule has 0 aliphatic carbocycles. The summed E-state index contributed by atoms with van der Waals surface area (Å²) in [5.74, 6) is -0.0723. The maximum Gasteiger partial charge on any atom is 0.305 e. The number of ether oxygens (including phenoxy) is 1. The summed E-state index contributed by atoms with van der Waals surface area (Å²) < 4.78 is 5.48. The van der Waals surface area contributed by atoms with Gasteiger partial charge in [0.1, 0.15) is 0 Å². The minimum atomic E-state index is -0.849. The van der Waals surface area contributed by atoms with Crippen molar-refractivity contribution in [2.24, 2.45) is 0 Å². The number of esters is 1. The molecular weight excluding hydrogens is 875 g/mol. The van der Waals surface area contributed by atoms with Crippen molar-refractivity contribution in [1.82, 2.24) is 5.32 Å². The van der Waals surface area contributed by atoms with E-state index in [1.165, 1.54) is 283 Å². The van der Waals surface area contributed by atoms with E-state index in [-0.39, 0.29) is 18.5 Å². The van der Waals surface area contributed by atoms with Crippen molar-refractivity contribution in [3.63, 3.8) is 0 Å². The Hall–Kier alpha value is -1.66. The molecule has 1 amide bonds. The first-order valence-electron chi connectivity index (χ1n) is 32.1. The lowest BCUT2D eigenvalue weighted by Crippen LogP contribution is -2.45. The molecule has 2 atom stereocenters. The van der Waals surface area contributed by atoms with Crippen LogP contribution >= 0.6 is 0 Å². The highest BCUT2D eigenvalue weighted by Gasteiger charge is 2.18. The van der Waals surface area contributed by atoms with Crippen LogP contribution in [0.4, 0.5) is 0 Å². The smallest absolute Gasteiger partial charge is 0.305 e. The number of unbranched alkanes of at least 4 members (excludes halogenated alkanes) is 47. The summed E-state index contributed by atoms with van der Waals surface area (Å²) in [7, 11) is 0. The fraction of sp³-hybridized carbons (Fsp3) is 0.908. The van der Waals surface area contributed by atoms with Gasteiger partial charge < -0.3 is 20.3 Å². The number of allylic oxidation sites excluding steroid dienone is 3. The number of hydrogen-bond acceptors (Lipinski definition) is 5. The molecule has 0 aliphatic rings. The van der Waals surface area contributed by atoms with Crippen molar-refractivity contribution in [2.45, 2.75) is 366 Å². The van der Waals surface area contributed by atoms with Gasteiger partial charge in [0, 0.05) is 12.8 Å². The van der Waals surface area contributed by atoms with Crippen molar-refractivity contribution in [3.8, 4) is 0 Å². The van der Waals surface area contributed by atoms with Crippen molar-refractivity contribution in [3.05, 3.63) is 24.3 Å². The highest BCUT2D eigenvalue weighted by Crippen LogP contribution is 2.18. The predicted octanol–water partition coefficient (Wildman–Crippen LogP) is 20.2. The van der Waals surface area contributed by atoms with Gasteiger partial charge in [0.25, 0.3) is 0 Å². The molecule has 0 fully saturated rings. The molecule has 71 heavy (non-hydrogen) atoms. The SMILES string of the molecule is CCCCCCCCC/C=C\CCCCCCCC(=O)OCCCCCCCCCCCCCCCCCCCC(=O)NC(CO)C(O)/C=C/CCCCCCCCCCCCCCCCCCCCC. The van der Waals surface area contributed by atoms with Gasteiger partial charge in [-0.2, -0.15) is 0 Å². The molecule has 0 spiro atoms.